The Hall–Kier alpha value is -0.740. The summed E-state index contributed by atoms with van der Waals surface area (Å²) in [4.78, 5) is 0. The van der Waals surface area contributed by atoms with Crippen LogP contribution in [-0.2, 0) is 0 Å². The molecule has 1 aliphatic heterocycles. The summed E-state index contributed by atoms with van der Waals surface area (Å²) < 4.78 is 12.5. The van der Waals surface area contributed by atoms with Crippen molar-refractivity contribution in [1.29, 1.82) is 0 Å². The molecule has 3 rings (SSSR count). The predicted molar refractivity (Wildman–Crippen MR) is 83.4 cm³/mol. The monoisotopic (exact) mass is 339 g/mol. The molecule has 0 bridgehead atoms. The molecule has 3 nitrogen and oxygen atoms in total. The van der Waals surface area contributed by atoms with E-state index < -0.39 is 0 Å². The van der Waals surface area contributed by atoms with Gasteiger partial charge in [0.2, 0.25) is 0 Å². The Morgan fingerprint density at radius 3 is 2.50 bits per heavy atom. The molecule has 1 aromatic rings. The zero-order valence-corrected chi connectivity index (χ0v) is 13.7. The van der Waals surface area contributed by atoms with E-state index in [1.807, 2.05) is 6.07 Å². The van der Waals surface area contributed by atoms with E-state index in [1.54, 1.807) is 0 Å². The molecular weight excluding hydrogens is 318 g/mol. The number of ether oxygens (including phenoxy) is 2. The van der Waals surface area contributed by atoms with E-state index in [0.29, 0.717) is 25.2 Å². The van der Waals surface area contributed by atoms with Gasteiger partial charge in [0.25, 0.3) is 0 Å². The Labute approximate surface area is 129 Å². The average Bonchev–Trinajstić information content (AvgIpc) is 3.28. The second-order valence-corrected chi connectivity index (χ2v) is 6.60. The molecule has 0 amide bonds. The van der Waals surface area contributed by atoms with Crippen molar-refractivity contribution in [3.05, 3.63) is 22.2 Å². The summed E-state index contributed by atoms with van der Waals surface area (Å²) in [6.07, 6.45) is 2.73. The zero-order chi connectivity index (χ0) is 14.1. The minimum absolute atomic E-state index is 0.373. The molecule has 1 fully saturated rings. The van der Waals surface area contributed by atoms with Gasteiger partial charge in [-0.15, -0.1) is 0 Å². The molecule has 2 aliphatic rings. The van der Waals surface area contributed by atoms with E-state index in [9.17, 15) is 0 Å². The molecule has 0 radical (unpaired) electrons. The van der Waals surface area contributed by atoms with Crippen LogP contribution in [0.15, 0.2) is 16.6 Å². The van der Waals surface area contributed by atoms with Crippen molar-refractivity contribution < 1.29 is 9.47 Å². The maximum absolute atomic E-state index is 5.73. The third-order valence-corrected chi connectivity index (χ3v) is 5.00. The third-order valence-electron chi connectivity index (χ3n) is 4.31. The Morgan fingerprint density at radius 2 is 1.90 bits per heavy atom. The summed E-state index contributed by atoms with van der Waals surface area (Å²) in [7, 11) is 0. The fourth-order valence-corrected chi connectivity index (χ4v) is 3.58. The van der Waals surface area contributed by atoms with Crippen LogP contribution < -0.4 is 14.8 Å². The van der Waals surface area contributed by atoms with Crippen molar-refractivity contribution in [2.45, 2.75) is 32.7 Å². The van der Waals surface area contributed by atoms with E-state index in [-0.39, 0.29) is 0 Å². The highest BCUT2D eigenvalue weighted by molar-refractivity contribution is 9.10. The van der Waals surface area contributed by atoms with Crippen molar-refractivity contribution in [2.75, 3.05) is 19.8 Å². The lowest BCUT2D eigenvalue weighted by molar-refractivity contribution is 0.171. The number of benzene rings is 1. The van der Waals surface area contributed by atoms with Crippen molar-refractivity contribution in [2.24, 2.45) is 11.8 Å². The molecule has 1 heterocycles. The highest BCUT2D eigenvalue weighted by atomic mass is 79.9. The smallest absolute Gasteiger partial charge is 0.162 e. The van der Waals surface area contributed by atoms with Crippen molar-refractivity contribution in [1.82, 2.24) is 5.32 Å². The first-order valence-electron chi connectivity index (χ1n) is 7.53. The van der Waals surface area contributed by atoms with Gasteiger partial charge < -0.3 is 14.8 Å². The Balaban J connectivity index is 1.92. The van der Waals surface area contributed by atoms with Crippen molar-refractivity contribution in [3.63, 3.8) is 0 Å². The van der Waals surface area contributed by atoms with E-state index in [0.717, 1.165) is 28.4 Å². The molecule has 0 saturated heterocycles. The van der Waals surface area contributed by atoms with Gasteiger partial charge in [0, 0.05) is 10.5 Å². The van der Waals surface area contributed by atoms with Gasteiger partial charge in [-0.2, -0.15) is 0 Å². The summed E-state index contributed by atoms with van der Waals surface area (Å²) in [6.45, 7) is 6.77. The molecule has 1 saturated carbocycles. The number of hydrogen-bond acceptors (Lipinski definition) is 3. The summed E-state index contributed by atoms with van der Waals surface area (Å²) >= 11 is 3.71. The van der Waals surface area contributed by atoms with Crippen LogP contribution in [0.4, 0.5) is 0 Å². The van der Waals surface area contributed by atoms with Gasteiger partial charge in [0.1, 0.15) is 13.2 Å². The fraction of sp³-hybridized carbons (Fsp3) is 0.625. The van der Waals surface area contributed by atoms with Crippen LogP contribution in [0.5, 0.6) is 11.5 Å². The van der Waals surface area contributed by atoms with Crippen molar-refractivity contribution in [3.8, 4) is 11.5 Å². The number of nitrogens with one attached hydrogen (secondary N) is 1. The van der Waals surface area contributed by atoms with Gasteiger partial charge in [-0.1, -0.05) is 29.8 Å². The zero-order valence-electron chi connectivity index (χ0n) is 12.1. The van der Waals surface area contributed by atoms with Gasteiger partial charge >= 0.3 is 0 Å². The number of hydrogen-bond donors (Lipinski definition) is 1. The third kappa shape index (κ3) is 2.82. The summed E-state index contributed by atoms with van der Waals surface area (Å²) in [5.41, 5.74) is 1.29. The van der Waals surface area contributed by atoms with Gasteiger partial charge in [0.05, 0.1) is 0 Å². The van der Waals surface area contributed by atoms with E-state index in [2.05, 4.69) is 41.2 Å². The van der Waals surface area contributed by atoms with Crippen LogP contribution in [-0.4, -0.2) is 19.8 Å². The molecule has 1 aliphatic carbocycles. The average molecular weight is 340 g/mol. The maximum Gasteiger partial charge on any atom is 0.162 e. The van der Waals surface area contributed by atoms with Gasteiger partial charge in [-0.05, 0) is 48.9 Å². The number of halogens is 1. The van der Waals surface area contributed by atoms with Gasteiger partial charge in [-0.25, -0.2) is 0 Å². The second kappa shape index (κ2) is 5.94. The molecule has 2 unspecified atom stereocenters. The Bertz CT molecular complexity index is 488. The summed E-state index contributed by atoms with van der Waals surface area (Å²) in [5.74, 6) is 3.23. The molecular formula is C16H22BrNO2. The van der Waals surface area contributed by atoms with Crippen molar-refractivity contribution >= 4 is 15.9 Å². The molecule has 4 heteroatoms. The highest BCUT2D eigenvalue weighted by Gasteiger charge is 2.35. The number of rotatable bonds is 5. The lowest BCUT2D eigenvalue weighted by Crippen LogP contribution is -2.28. The summed E-state index contributed by atoms with van der Waals surface area (Å²) in [6, 6.07) is 4.57. The normalized spacial score (nSPS) is 20.6. The predicted octanol–water partition coefficient (Wildman–Crippen LogP) is 3.92. The molecule has 20 heavy (non-hydrogen) atoms. The van der Waals surface area contributed by atoms with Gasteiger partial charge in [0.15, 0.2) is 11.5 Å². The molecule has 2 atom stereocenters. The molecule has 1 N–H and O–H groups in total. The fourth-order valence-electron chi connectivity index (χ4n) is 3.01. The number of fused-ring (bicyclic) bond motifs is 1. The van der Waals surface area contributed by atoms with Crippen LogP contribution in [0.1, 0.15) is 38.3 Å². The van der Waals surface area contributed by atoms with Crippen LogP contribution in [0.3, 0.4) is 0 Å². The van der Waals surface area contributed by atoms with Crippen LogP contribution in [0.2, 0.25) is 0 Å². The maximum atomic E-state index is 5.73. The summed E-state index contributed by atoms with van der Waals surface area (Å²) in [5, 5.41) is 3.64. The minimum atomic E-state index is 0.373. The lowest BCUT2D eigenvalue weighted by Gasteiger charge is -2.28. The van der Waals surface area contributed by atoms with Crippen LogP contribution >= 0.6 is 15.9 Å². The quantitative estimate of drug-likeness (QED) is 0.881. The lowest BCUT2D eigenvalue weighted by atomic mass is 9.90. The van der Waals surface area contributed by atoms with Gasteiger partial charge in [-0.3, -0.25) is 0 Å². The molecule has 0 spiro atoms. The largest absolute Gasteiger partial charge is 0.486 e. The Kier molecular flexibility index (Phi) is 4.22. The highest BCUT2D eigenvalue weighted by Crippen LogP contribution is 2.46. The van der Waals surface area contributed by atoms with E-state index in [4.69, 9.17) is 9.47 Å². The standard InChI is InChI=1S/C16H22BrNO2/c1-3-18-16(10(2)11-4-5-11)12-8-14-15(9-13(12)17)20-7-6-19-14/h8-11,16,18H,3-7H2,1-2H3. The van der Waals surface area contributed by atoms with Crippen LogP contribution in [0.25, 0.3) is 0 Å². The topological polar surface area (TPSA) is 30.5 Å². The van der Waals surface area contributed by atoms with Crippen LogP contribution in [0, 0.1) is 11.8 Å². The Morgan fingerprint density at radius 1 is 1.25 bits per heavy atom. The SMILES string of the molecule is CCNC(c1cc2c(cc1Br)OCCO2)C(C)C1CC1. The first-order chi connectivity index (χ1) is 9.70. The second-order valence-electron chi connectivity index (χ2n) is 5.75. The molecule has 0 aromatic heterocycles. The first-order valence-corrected chi connectivity index (χ1v) is 8.32. The molecule has 110 valence electrons. The minimum Gasteiger partial charge on any atom is -0.486 e. The molecule has 1 aromatic carbocycles. The first kappa shape index (κ1) is 14.2. The van der Waals surface area contributed by atoms with E-state index >= 15 is 0 Å². The van der Waals surface area contributed by atoms with E-state index in [1.165, 1.54) is 18.4 Å².